The minimum Gasteiger partial charge on any atom is -0.497 e. The maximum atomic E-state index is 12.3. The van der Waals surface area contributed by atoms with Crippen LogP contribution in [0.1, 0.15) is 28.8 Å². The first kappa shape index (κ1) is 13.7. The van der Waals surface area contributed by atoms with Crippen molar-refractivity contribution in [3.8, 4) is 11.5 Å². The van der Waals surface area contributed by atoms with Crippen molar-refractivity contribution in [1.82, 2.24) is 0 Å². The van der Waals surface area contributed by atoms with Gasteiger partial charge in [-0.3, -0.25) is 4.79 Å². The van der Waals surface area contributed by atoms with E-state index >= 15 is 0 Å². The van der Waals surface area contributed by atoms with Gasteiger partial charge in [0.15, 0.2) is 5.78 Å². The van der Waals surface area contributed by atoms with Crippen molar-refractivity contribution >= 4 is 5.78 Å². The lowest BCUT2D eigenvalue weighted by Crippen LogP contribution is -2.04. The van der Waals surface area contributed by atoms with E-state index < -0.39 is 0 Å². The van der Waals surface area contributed by atoms with Crippen LogP contribution in [-0.2, 0) is 6.42 Å². The zero-order valence-electron chi connectivity index (χ0n) is 12.0. The van der Waals surface area contributed by atoms with Crippen LogP contribution < -0.4 is 9.47 Å². The monoisotopic (exact) mass is 282 g/mol. The van der Waals surface area contributed by atoms with Crippen molar-refractivity contribution in [2.75, 3.05) is 7.11 Å². The number of carbonyl (C=O) groups is 1. The topological polar surface area (TPSA) is 35.5 Å². The molecule has 0 spiro atoms. The Labute approximate surface area is 124 Å². The Bertz CT molecular complexity index is 627. The summed E-state index contributed by atoms with van der Waals surface area (Å²) in [7, 11) is 1.62. The summed E-state index contributed by atoms with van der Waals surface area (Å²) in [6.45, 7) is 0. The number of ether oxygens (including phenoxy) is 2. The molecule has 0 saturated heterocycles. The molecule has 1 fully saturated rings. The molecule has 3 nitrogen and oxygen atoms in total. The molecule has 3 rings (SSSR count). The molecule has 0 radical (unpaired) electrons. The molecule has 3 heteroatoms. The maximum absolute atomic E-state index is 12.3. The van der Waals surface area contributed by atoms with Gasteiger partial charge in [-0.25, -0.2) is 0 Å². The van der Waals surface area contributed by atoms with Crippen molar-refractivity contribution in [2.24, 2.45) is 0 Å². The van der Waals surface area contributed by atoms with E-state index in [9.17, 15) is 4.79 Å². The fraction of sp³-hybridized carbons (Fsp3) is 0.278. The second-order valence-electron chi connectivity index (χ2n) is 5.29. The van der Waals surface area contributed by atoms with Crippen LogP contribution in [0.4, 0.5) is 0 Å². The number of Topliss-reactive ketones (excluding diaryl/α,β-unsaturated/α-hetero) is 1. The van der Waals surface area contributed by atoms with Crippen LogP contribution in [-0.4, -0.2) is 19.0 Å². The summed E-state index contributed by atoms with van der Waals surface area (Å²) >= 11 is 0. The standard InChI is InChI=1S/C18H18O3/c1-20-17-4-2-3-13(11-17)12-18(19)14-5-7-15(8-6-14)21-16-9-10-16/h2-8,11,16H,9-10,12H2,1H3. The van der Waals surface area contributed by atoms with E-state index in [0.29, 0.717) is 18.1 Å². The molecular formula is C18H18O3. The molecule has 0 N–H and O–H groups in total. The third-order valence-electron chi connectivity index (χ3n) is 3.50. The first-order chi connectivity index (χ1) is 10.2. The minimum absolute atomic E-state index is 0.0984. The average Bonchev–Trinajstić information content (AvgIpc) is 3.32. The van der Waals surface area contributed by atoms with E-state index in [1.165, 1.54) is 0 Å². The zero-order chi connectivity index (χ0) is 14.7. The van der Waals surface area contributed by atoms with Crippen molar-refractivity contribution in [3.05, 3.63) is 59.7 Å². The van der Waals surface area contributed by atoms with Gasteiger partial charge >= 0.3 is 0 Å². The molecule has 0 heterocycles. The Hall–Kier alpha value is -2.29. The number of benzene rings is 2. The minimum atomic E-state index is 0.0984. The van der Waals surface area contributed by atoms with E-state index in [0.717, 1.165) is 29.9 Å². The first-order valence-electron chi connectivity index (χ1n) is 7.17. The van der Waals surface area contributed by atoms with Gasteiger partial charge < -0.3 is 9.47 Å². The Balaban J connectivity index is 1.66. The molecule has 0 aromatic heterocycles. The van der Waals surface area contributed by atoms with E-state index in [1.54, 1.807) is 7.11 Å². The SMILES string of the molecule is COc1cccc(CC(=O)c2ccc(OC3CC3)cc2)c1. The van der Waals surface area contributed by atoms with Gasteiger partial charge in [0.1, 0.15) is 11.5 Å². The number of ketones is 1. The zero-order valence-corrected chi connectivity index (χ0v) is 12.0. The number of hydrogen-bond acceptors (Lipinski definition) is 3. The summed E-state index contributed by atoms with van der Waals surface area (Å²) in [5, 5.41) is 0. The molecule has 21 heavy (non-hydrogen) atoms. The van der Waals surface area contributed by atoms with Crippen molar-refractivity contribution in [3.63, 3.8) is 0 Å². The van der Waals surface area contributed by atoms with Gasteiger partial charge in [-0.1, -0.05) is 12.1 Å². The molecule has 0 atom stereocenters. The molecule has 2 aromatic rings. The molecule has 0 amide bonds. The lowest BCUT2D eigenvalue weighted by Gasteiger charge is -2.06. The average molecular weight is 282 g/mol. The lowest BCUT2D eigenvalue weighted by atomic mass is 10.0. The smallest absolute Gasteiger partial charge is 0.167 e. The molecule has 108 valence electrons. The molecule has 0 aliphatic heterocycles. The number of methoxy groups -OCH3 is 1. The maximum Gasteiger partial charge on any atom is 0.167 e. The quantitative estimate of drug-likeness (QED) is 0.758. The van der Waals surface area contributed by atoms with Crippen LogP contribution in [0.15, 0.2) is 48.5 Å². The van der Waals surface area contributed by atoms with E-state index in [4.69, 9.17) is 9.47 Å². The summed E-state index contributed by atoms with van der Waals surface area (Å²) in [4.78, 5) is 12.3. The Kier molecular flexibility index (Phi) is 3.91. The van der Waals surface area contributed by atoms with Crippen LogP contribution in [0.25, 0.3) is 0 Å². The van der Waals surface area contributed by atoms with Crippen LogP contribution in [0, 0.1) is 0 Å². The third-order valence-corrected chi connectivity index (χ3v) is 3.50. The van der Waals surface area contributed by atoms with Crippen molar-refractivity contribution in [2.45, 2.75) is 25.4 Å². The third kappa shape index (κ3) is 3.63. The molecule has 0 bridgehead atoms. The van der Waals surface area contributed by atoms with Crippen LogP contribution in [0.3, 0.4) is 0 Å². The Morgan fingerprint density at radius 1 is 1.10 bits per heavy atom. The summed E-state index contributed by atoms with van der Waals surface area (Å²) < 4.78 is 10.9. The molecule has 1 aliphatic carbocycles. The molecule has 1 saturated carbocycles. The highest BCUT2D eigenvalue weighted by molar-refractivity contribution is 5.97. The van der Waals surface area contributed by atoms with Gasteiger partial charge in [0.05, 0.1) is 13.2 Å². The number of hydrogen-bond donors (Lipinski definition) is 0. The van der Waals surface area contributed by atoms with E-state index in [2.05, 4.69) is 0 Å². The Morgan fingerprint density at radius 3 is 2.52 bits per heavy atom. The largest absolute Gasteiger partial charge is 0.497 e. The fourth-order valence-corrected chi connectivity index (χ4v) is 2.17. The van der Waals surface area contributed by atoms with Gasteiger partial charge in [-0.2, -0.15) is 0 Å². The van der Waals surface area contributed by atoms with Gasteiger partial charge in [-0.15, -0.1) is 0 Å². The number of carbonyl (C=O) groups excluding carboxylic acids is 1. The van der Waals surface area contributed by atoms with Crippen LogP contribution >= 0.6 is 0 Å². The highest BCUT2D eigenvalue weighted by Gasteiger charge is 2.23. The summed E-state index contributed by atoms with van der Waals surface area (Å²) in [5.74, 6) is 1.71. The van der Waals surface area contributed by atoms with Gasteiger partial charge in [0.25, 0.3) is 0 Å². The predicted octanol–water partition coefficient (Wildman–Crippen LogP) is 3.66. The molecule has 0 unspecified atom stereocenters. The fourth-order valence-electron chi connectivity index (χ4n) is 2.17. The van der Waals surface area contributed by atoms with E-state index in [-0.39, 0.29) is 5.78 Å². The van der Waals surface area contributed by atoms with Crippen molar-refractivity contribution < 1.29 is 14.3 Å². The van der Waals surface area contributed by atoms with Crippen LogP contribution in [0.2, 0.25) is 0 Å². The summed E-state index contributed by atoms with van der Waals surface area (Å²) in [6.07, 6.45) is 3.02. The predicted molar refractivity (Wildman–Crippen MR) is 81.1 cm³/mol. The van der Waals surface area contributed by atoms with E-state index in [1.807, 2.05) is 48.5 Å². The first-order valence-corrected chi connectivity index (χ1v) is 7.17. The highest BCUT2D eigenvalue weighted by atomic mass is 16.5. The molecule has 2 aromatic carbocycles. The Morgan fingerprint density at radius 2 is 1.86 bits per heavy atom. The van der Waals surface area contributed by atoms with Gasteiger partial charge in [0.2, 0.25) is 0 Å². The van der Waals surface area contributed by atoms with Gasteiger partial charge in [-0.05, 0) is 54.8 Å². The number of rotatable bonds is 6. The second-order valence-corrected chi connectivity index (χ2v) is 5.29. The second kappa shape index (κ2) is 6.00. The van der Waals surface area contributed by atoms with Crippen molar-refractivity contribution in [1.29, 1.82) is 0 Å². The summed E-state index contributed by atoms with van der Waals surface area (Å²) in [6, 6.07) is 15.0. The molecule has 1 aliphatic rings. The summed E-state index contributed by atoms with van der Waals surface area (Å²) in [5.41, 5.74) is 1.67. The molecular weight excluding hydrogens is 264 g/mol. The van der Waals surface area contributed by atoms with Gasteiger partial charge in [0, 0.05) is 12.0 Å². The van der Waals surface area contributed by atoms with Crippen LogP contribution in [0.5, 0.6) is 11.5 Å². The normalized spacial score (nSPS) is 13.8. The highest BCUT2D eigenvalue weighted by Crippen LogP contribution is 2.27. The lowest BCUT2D eigenvalue weighted by molar-refractivity contribution is 0.0993.